The van der Waals surface area contributed by atoms with Crippen LogP contribution in [0.3, 0.4) is 0 Å². The van der Waals surface area contributed by atoms with Gasteiger partial charge in [-0.3, -0.25) is 4.79 Å². The van der Waals surface area contributed by atoms with Crippen molar-refractivity contribution < 1.29 is 4.79 Å². The van der Waals surface area contributed by atoms with Gasteiger partial charge in [0.05, 0.1) is 17.0 Å². The molecule has 1 aromatic heterocycles. The van der Waals surface area contributed by atoms with E-state index in [2.05, 4.69) is 25.1 Å². The molecular weight excluding hydrogens is 334 g/mol. The summed E-state index contributed by atoms with van der Waals surface area (Å²) < 4.78 is 0. The van der Waals surface area contributed by atoms with Gasteiger partial charge in [-0.05, 0) is 25.7 Å². The zero-order chi connectivity index (χ0) is 19.4. The molecule has 0 saturated heterocycles. The Morgan fingerprint density at radius 3 is 2.52 bits per heavy atom. The molecule has 0 aliphatic heterocycles. The van der Waals surface area contributed by atoms with Crippen molar-refractivity contribution in [2.75, 3.05) is 0 Å². The van der Waals surface area contributed by atoms with Gasteiger partial charge in [0.25, 0.3) is 0 Å². The molecule has 1 heterocycles. The number of hydrogen-bond acceptors (Lipinski definition) is 4. The van der Waals surface area contributed by atoms with Gasteiger partial charge in [-0.1, -0.05) is 57.2 Å². The van der Waals surface area contributed by atoms with E-state index in [1.807, 2.05) is 45.0 Å². The van der Waals surface area contributed by atoms with Crippen LogP contribution >= 0.6 is 0 Å². The fourth-order valence-electron chi connectivity index (χ4n) is 5.10. The van der Waals surface area contributed by atoms with Gasteiger partial charge in [0, 0.05) is 22.0 Å². The quantitative estimate of drug-likeness (QED) is 0.762. The Morgan fingerprint density at radius 2 is 1.85 bits per heavy atom. The molecule has 27 heavy (non-hydrogen) atoms. The fourth-order valence-corrected chi connectivity index (χ4v) is 5.10. The molecule has 136 valence electrons. The molecule has 4 rings (SSSR count). The molecule has 2 aromatic rings. The number of fused-ring (bicyclic) bond motifs is 3. The fraction of sp³-hybridized carbons (Fsp3) is 0.391. The van der Waals surface area contributed by atoms with E-state index >= 15 is 0 Å². The van der Waals surface area contributed by atoms with E-state index in [1.54, 1.807) is 0 Å². The highest BCUT2D eigenvalue weighted by Gasteiger charge is 2.55. The molecule has 2 unspecified atom stereocenters. The summed E-state index contributed by atoms with van der Waals surface area (Å²) in [6.07, 6.45) is 3.58. The van der Waals surface area contributed by atoms with Crippen LogP contribution in [0.2, 0.25) is 0 Å². The topological polar surface area (TPSA) is 66.6 Å². The number of nitriles is 1. The lowest BCUT2D eigenvalue weighted by Crippen LogP contribution is -2.51. The summed E-state index contributed by atoms with van der Waals surface area (Å²) >= 11 is 0. The normalized spacial score (nSPS) is 25.8. The number of Topliss-reactive ketones (excluding diaryl/α,β-unsaturated/α-hetero) is 1. The SMILES string of the molecule is Cc1nc(-c2ccccc2)c2c(n1)C1(C)C=C(C#N)C(=O)C(C)(C)C1CC2. The first kappa shape index (κ1) is 17.6. The number of allylic oxidation sites excluding steroid dienone is 2. The molecule has 2 aliphatic rings. The summed E-state index contributed by atoms with van der Waals surface area (Å²) in [5.74, 6) is 0.779. The largest absolute Gasteiger partial charge is 0.293 e. The second-order valence-corrected chi connectivity index (χ2v) is 8.41. The van der Waals surface area contributed by atoms with Crippen LogP contribution in [0.15, 0.2) is 42.0 Å². The highest BCUT2D eigenvalue weighted by atomic mass is 16.1. The molecule has 0 fully saturated rings. The Hall–Kier alpha value is -2.80. The van der Waals surface area contributed by atoms with Crippen LogP contribution in [-0.2, 0) is 16.6 Å². The Kier molecular flexibility index (Phi) is 3.82. The third-order valence-electron chi connectivity index (χ3n) is 6.35. The summed E-state index contributed by atoms with van der Waals surface area (Å²) in [6.45, 7) is 7.98. The molecule has 0 bridgehead atoms. The molecule has 0 spiro atoms. The zero-order valence-electron chi connectivity index (χ0n) is 16.2. The number of carbonyl (C=O) groups is 1. The zero-order valence-corrected chi connectivity index (χ0v) is 16.2. The molecule has 0 N–H and O–H groups in total. The number of nitrogens with zero attached hydrogens (tertiary/aromatic N) is 3. The van der Waals surface area contributed by atoms with Crippen LogP contribution in [0.5, 0.6) is 0 Å². The number of carbonyl (C=O) groups excluding carboxylic acids is 1. The molecule has 0 radical (unpaired) electrons. The molecule has 2 aliphatic carbocycles. The average molecular weight is 357 g/mol. The van der Waals surface area contributed by atoms with Crippen LogP contribution in [0, 0.1) is 29.6 Å². The Morgan fingerprint density at radius 1 is 1.15 bits per heavy atom. The maximum atomic E-state index is 12.8. The molecule has 0 amide bonds. The highest BCUT2D eigenvalue weighted by molar-refractivity contribution is 6.04. The number of rotatable bonds is 1. The summed E-state index contributed by atoms with van der Waals surface area (Å²) in [5.41, 5.74) is 3.38. The van der Waals surface area contributed by atoms with Crippen molar-refractivity contribution in [2.24, 2.45) is 11.3 Å². The van der Waals surface area contributed by atoms with Gasteiger partial charge in [-0.2, -0.15) is 5.26 Å². The van der Waals surface area contributed by atoms with E-state index in [-0.39, 0.29) is 17.3 Å². The van der Waals surface area contributed by atoms with E-state index < -0.39 is 10.8 Å². The summed E-state index contributed by atoms with van der Waals surface area (Å²) in [6, 6.07) is 12.3. The summed E-state index contributed by atoms with van der Waals surface area (Å²) in [4.78, 5) is 22.4. The Bertz CT molecular complexity index is 1010. The standard InChI is InChI=1S/C23H23N3O/c1-14-25-19(15-8-6-5-7-9-15)17-10-11-18-22(2,3)21(27)16(13-24)12-23(18,4)20(17)26-14/h5-9,12,18H,10-11H2,1-4H3. The molecule has 2 atom stereocenters. The molecule has 4 heteroatoms. The first-order valence-corrected chi connectivity index (χ1v) is 9.40. The summed E-state index contributed by atoms with van der Waals surface area (Å²) in [5, 5.41) is 9.56. The maximum absolute atomic E-state index is 12.8. The smallest absolute Gasteiger partial charge is 0.178 e. The minimum absolute atomic E-state index is 0.0509. The predicted octanol–water partition coefficient (Wildman–Crippen LogP) is 4.33. The second-order valence-electron chi connectivity index (χ2n) is 8.41. The van der Waals surface area contributed by atoms with Crippen molar-refractivity contribution in [1.29, 1.82) is 5.26 Å². The number of aromatic nitrogens is 2. The predicted molar refractivity (Wildman–Crippen MR) is 104 cm³/mol. The Labute approximate surface area is 160 Å². The first-order valence-electron chi connectivity index (χ1n) is 9.40. The van der Waals surface area contributed by atoms with Crippen LogP contribution in [-0.4, -0.2) is 15.8 Å². The number of hydrogen-bond donors (Lipinski definition) is 0. The minimum atomic E-state index is -0.585. The number of benzene rings is 1. The van der Waals surface area contributed by atoms with Gasteiger partial charge in [-0.15, -0.1) is 0 Å². The lowest BCUT2D eigenvalue weighted by atomic mass is 9.52. The van der Waals surface area contributed by atoms with Crippen molar-refractivity contribution >= 4 is 5.78 Å². The second kappa shape index (κ2) is 5.85. The van der Waals surface area contributed by atoms with Crippen LogP contribution < -0.4 is 0 Å². The van der Waals surface area contributed by atoms with Crippen LogP contribution in [0.1, 0.15) is 44.3 Å². The third-order valence-corrected chi connectivity index (χ3v) is 6.35. The molecule has 0 saturated carbocycles. The third kappa shape index (κ3) is 2.45. The van der Waals surface area contributed by atoms with Gasteiger partial charge in [-0.25, -0.2) is 9.97 Å². The monoisotopic (exact) mass is 357 g/mol. The van der Waals surface area contributed by atoms with Gasteiger partial charge in [0.15, 0.2) is 5.78 Å². The minimum Gasteiger partial charge on any atom is -0.293 e. The number of ketones is 1. The van der Waals surface area contributed by atoms with Gasteiger partial charge >= 0.3 is 0 Å². The van der Waals surface area contributed by atoms with E-state index in [0.717, 1.165) is 41.2 Å². The lowest BCUT2D eigenvalue weighted by Gasteiger charge is -2.50. The van der Waals surface area contributed by atoms with Gasteiger partial charge < -0.3 is 0 Å². The van der Waals surface area contributed by atoms with Crippen molar-refractivity contribution in [1.82, 2.24) is 9.97 Å². The summed E-state index contributed by atoms with van der Waals surface area (Å²) in [7, 11) is 0. The van der Waals surface area contributed by atoms with E-state index in [1.165, 1.54) is 0 Å². The van der Waals surface area contributed by atoms with Crippen molar-refractivity contribution in [2.45, 2.75) is 46.0 Å². The molecule has 1 aromatic carbocycles. The van der Waals surface area contributed by atoms with Crippen molar-refractivity contribution in [3.63, 3.8) is 0 Å². The van der Waals surface area contributed by atoms with Crippen LogP contribution in [0.25, 0.3) is 11.3 Å². The van der Waals surface area contributed by atoms with E-state index in [4.69, 9.17) is 9.97 Å². The lowest BCUT2D eigenvalue weighted by molar-refractivity contribution is -0.128. The average Bonchev–Trinajstić information content (AvgIpc) is 2.65. The first-order chi connectivity index (χ1) is 12.8. The number of aryl methyl sites for hydroxylation is 1. The maximum Gasteiger partial charge on any atom is 0.178 e. The molecule has 4 nitrogen and oxygen atoms in total. The van der Waals surface area contributed by atoms with E-state index in [9.17, 15) is 10.1 Å². The van der Waals surface area contributed by atoms with Crippen molar-refractivity contribution in [3.05, 3.63) is 59.1 Å². The highest BCUT2D eigenvalue weighted by Crippen LogP contribution is 2.54. The molecular formula is C23H23N3O. The van der Waals surface area contributed by atoms with Gasteiger partial charge in [0.1, 0.15) is 11.9 Å². The van der Waals surface area contributed by atoms with E-state index in [0.29, 0.717) is 0 Å². The Balaban J connectivity index is 2.01. The van der Waals surface area contributed by atoms with Gasteiger partial charge in [0.2, 0.25) is 0 Å². The van der Waals surface area contributed by atoms with Crippen LogP contribution in [0.4, 0.5) is 0 Å². The van der Waals surface area contributed by atoms with Crippen molar-refractivity contribution in [3.8, 4) is 17.3 Å².